The Morgan fingerprint density at radius 1 is 1.30 bits per heavy atom. The number of aliphatic imine (C=N–C) groups is 1. The maximum absolute atomic E-state index is 15.2. The number of halogens is 1. The summed E-state index contributed by atoms with van der Waals surface area (Å²) in [6, 6.07) is 6.81. The zero-order chi connectivity index (χ0) is 23.6. The lowest BCUT2D eigenvalue weighted by molar-refractivity contribution is -0.0173. The number of fused-ring (bicyclic) bond motifs is 1. The van der Waals surface area contributed by atoms with Crippen molar-refractivity contribution >= 4 is 23.0 Å². The predicted molar refractivity (Wildman–Crippen MR) is 127 cm³/mol. The molecule has 33 heavy (non-hydrogen) atoms. The van der Waals surface area contributed by atoms with Gasteiger partial charge in [0.05, 0.1) is 6.61 Å². The van der Waals surface area contributed by atoms with Gasteiger partial charge in [-0.05, 0) is 57.9 Å². The molecule has 3 heterocycles. The Labute approximate surface area is 197 Å². The second kappa shape index (κ2) is 9.16. The van der Waals surface area contributed by atoms with Crippen LogP contribution in [0.15, 0.2) is 41.7 Å². The molecule has 2 aliphatic rings. The summed E-state index contributed by atoms with van der Waals surface area (Å²) in [7, 11) is 0. The van der Waals surface area contributed by atoms with Crippen LogP contribution in [0.2, 0.25) is 0 Å². The van der Waals surface area contributed by atoms with Gasteiger partial charge in [0.1, 0.15) is 11.4 Å². The summed E-state index contributed by atoms with van der Waals surface area (Å²) in [5, 5.41) is 3.05. The molecule has 4 rings (SSSR count). The van der Waals surface area contributed by atoms with Gasteiger partial charge >= 0.3 is 6.09 Å². The molecular formula is C25H26FN3O3S. The van der Waals surface area contributed by atoms with Crippen LogP contribution in [-0.4, -0.2) is 34.2 Å². The summed E-state index contributed by atoms with van der Waals surface area (Å²) in [6.45, 7) is 7.59. The molecular weight excluding hydrogens is 441 g/mol. The van der Waals surface area contributed by atoms with Crippen LogP contribution in [-0.2, 0) is 15.2 Å². The van der Waals surface area contributed by atoms with Crippen LogP contribution in [0.1, 0.15) is 45.2 Å². The summed E-state index contributed by atoms with van der Waals surface area (Å²) >= 11 is 1.41. The van der Waals surface area contributed by atoms with E-state index in [1.54, 1.807) is 52.2 Å². The van der Waals surface area contributed by atoms with Gasteiger partial charge in [0, 0.05) is 40.8 Å². The van der Waals surface area contributed by atoms with Crippen molar-refractivity contribution in [3.63, 3.8) is 0 Å². The first-order valence-corrected chi connectivity index (χ1v) is 11.7. The van der Waals surface area contributed by atoms with Gasteiger partial charge in [0.15, 0.2) is 10.9 Å². The van der Waals surface area contributed by atoms with Gasteiger partial charge in [-0.15, -0.1) is 5.92 Å². The maximum Gasteiger partial charge on any atom is 0.413 e. The number of ether oxygens (including phenoxy) is 2. The molecule has 172 valence electrons. The largest absolute Gasteiger partial charge is 0.444 e. The molecule has 1 aromatic heterocycles. The number of nitrogens with one attached hydrogen (secondary N) is 1. The number of thioether (sulfide) groups is 1. The summed E-state index contributed by atoms with van der Waals surface area (Å²) in [5.74, 6) is 6.07. The Morgan fingerprint density at radius 3 is 2.88 bits per heavy atom. The molecule has 2 aliphatic heterocycles. The van der Waals surface area contributed by atoms with Gasteiger partial charge < -0.3 is 9.47 Å². The van der Waals surface area contributed by atoms with Gasteiger partial charge in [-0.3, -0.25) is 10.3 Å². The number of alkyl carbamates (subject to hydrolysis) is 1. The van der Waals surface area contributed by atoms with Gasteiger partial charge in [-0.1, -0.05) is 23.7 Å². The van der Waals surface area contributed by atoms with Crippen LogP contribution in [0, 0.1) is 23.6 Å². The number of amidine groups is 1. The van der Waals surface area contributed by atoms with Crippen LogP contribution in [0.5, 0.6) is 0 Å². The second-order valence-electron chi connectivity index (χ2n) is 8.92. The Kier molecular flexibility index (Phi) is 6.46. The van der Waals surface area contributed by atoms with Crippen molar-refractivity contribution in [2.45, 2.75) is 45.4 Å². The number of pyridine rings is 1. The van der Waals surface area contributed by atoms with Crippen LogP contribution in [0.4, 0.5) is 9.18 Å². The molecule has 6 nitrogen and oxygen atoms in total. The topological polar surface area (TPSA) is 72.8 Å². The number of amides is 1. The highest BCUT2D eigenvalue weighted by Gasteiger charge is 2.50. The summed E-state index contributed by atoms with van der Waals surface area (Å²) in [5.41, 5.74) is 0.896. The zero-order valence-corrected chi connectivity index (χ0v) is 19.9. The third-order valence-corrected chi connectivity index (χ3v) is 6.37. The highest BCUT2D eigenvalue weighted by atomic mass is 32.2. The number of carbonyl (C=O) groups is 1. The van der Waals surface area contributed by atoms with Gasteiger partial charge in [0.25, 0.3) is 0 Å². The van der Waals surface area contributed by atoms with E-state index < -0.39 is 23.2 Å². The number of carbonyl (C=O) groups excluding carboxylic acids is 1. The fourth-order valence-corrected chi connectivity index (χ4v) is 5.06. The standard InChI is InChI=1S/C25H26FN3O3S/c1-5-6-16-11-18(14-27-13-16)17-7-8-21(26)20(12-17)25-19(9-10-31-25)15-33-22(29-25)28-23(30)32-24(2,3)4/h7-8,11-14,19H,9-10,15H2,1-4H3,(H,28,29,30)/t19-,25+/m1/s1. The maximum atomic E-state index is 15.2. The lowest BCUT2D eigenvalue weighted by Gasteiger charge is -2.35. The molecule has 1 N–H and O–H groups in total. The molecule has 2 atom stereocenters. The monoisotopic (exact) mass is 467 g/mol. The summed E-state index contributed by atoms with van der Waals surface area (Å²) in [6.07, 6.45) is 3.56. The number of aromatic nitrogens is 1. The lowest BCUT2D eigenvalue weighted by Crippen LogP contribution is -2.42. The Hall–Kier alpha value is -2.89. The van der Waals surface area contributed by atoms with E-state index in [9.17, 15) is 4.79 Å². The SMILES string of the molecule is CC#Cc1cncc(-c2ccc(F)c([C@]34N=C(NC(=O)OC(C)(C)C)SC[C@H]3CCO4)c2)c1. The first-order chi connectivity index (χ1) is 15.7. The number of benzene rings is 1. The predicted octanol–water partition coefficient (Wildman–Crippen LogP) is 5.08. The molecule has 0 spiro atoms. The van der Waals surface area contributed by atoms with Crippen molar-refractivity contribution in [3.8, 4) is 23.0 Å². The Balaban J connectivity index is 1.72. The smallest absolute Gasteiger partial charge is 0.413 e. The molecule has 0 saturated carbocycles. The van der Waals surface area contributed by atoms with Crippen molar-refractivity contribution in [1.29, 1.82) is 0 Å². The second-order valence-corrected chi connectivity index (χ2v) is 9.93. The normalized spacial score (nSPS) is 22.0. The van der Waals surface area contributed by atoms with Crippen LogP contribution >= 0.6 is 11.8 Å². The molecule has 1 amide bonds. The van der Waals surface area contributed by atoms with E-state index in [4.69, 9.17) is 14.5 Å². The number of hydrogen-bond donors (Lipinski definition) is 1. The van der Waals surface area contributed by atoms with E-state index in [0.29, 0.717) is 23.1 Å². The van der Waals surface area contributed by atoms with Crippen molar-refractivity contribution in [2.75, 3.05) is 12.4 Å². The number of rotatable bonds is 2. The fourth-order valence-electron chi connectivity index (χ4n) is 3.96. The third-order valence-electron chi connectivity index (χ3n) is 5.33. The van der Waals surface area contributed by atoms with Gasteiger partial charge in [-0.25, -0.2) is 14.2 Å². The quantitative estimate of drug-likeness (QED) is 0.624. The van der Waals surface area contributed by atoms with Crippen molar-refractivity contribution < 1.29 is 18.7 Å². The van der Waals surface area contributed by atoms with Gasteiger partial charge in [-0.2, -0.15) is 0 Å². The van der Waals surface area contributed by atoms with Crippen molar-refractivity contribution in [2.24, 2.45) is 10.9 Å². The lowest BCUT2D eigenvalue weighted by atomic mass is 9.88. The minimum atomic E-state index is -1.20. The van der Waals surface area contributed by atoms with E-state index in [0.717, 1.165) is 23.1 Å². The number of nitrogens with zero attached hydrogens (tertiary/aromatic N) is 2. The molecule has 0 aliphatic carbocycles. The fraction of sp³-hybridized carbons (Fsp3) is 0.400. The Bertz CT molecular complexity index is 1170. The van der Waals surface area contributed by atoms with Crippen molar-refractivity contribution in [3.05, 3.63) is 53.6 Å². The molecule has 1 fully saturated rings. The highest BCUT2D eigenvalue weighted by molar-refractivity contribution is 8.13. The number of hydrogen-bond acceptors (Lipinski definition) is 6. The van der Waals surface area contributed by atoms with Crippen molar-refractivity contribution in [1.82, 2.24) is 10.3 Å². The minimum Gasteiger partial charge on any atom is -0.444 e. The van der Waals surface area contributed by atoms with E-state index in [2.05, 4.69) is 22.1 Å². The molecule has 2 aromatic rings. The van der Waals surface area contributed by atoms with Crippen LogP contribution in [0.3, 0.4) is 0 Å². The average molecular weight is 468 g/mol. The van der Waals surface area contributed by atoms with E-state index >= 15 is 4.39 Å². The summed E-state index contributed by atoms with van der Waals surface area (Å²) in [4.78, 5) is 21.3. The van der Waals surface area contributed by atoms with Crippen LogP contribution in [0.25, 0.3) is 11.1 Å². The highest BCUT2D eigenvalue weighted by Crippen LogP contribution is 2.48. The average Bonchev–Trinajstić information content (AvgIpc) is 3.17. The molecule has 0 radical (unpaired) electrons. The van der Waals surface area contributed by atoms with Crippen LogP contribution < -0.4 is 5.32 Å². The van der Waals surface area contributed by atoms with E-state index in [1.807, 2.05) is 6.07 Å². The molecule has 0 bridgehead atoms. The Morgan fingerprint density at radius 2 is 2.12 bits per heavy atom. The summed E-state index contributed by atoms with van der Waals surface area (Å²) < 4.78 is 26.7. The van der Waals surface area contributed by atoms with E-state index in [-0.39, 0.29) is 5.92 Å². The first kappa shape index (κ1) is 23.3. The zero-order valence-electron chi connectivity index (χ0n) is 19.1. The third kappa shape index (κ3) is 5.05. The van der Waals surface area contributed by atoms with E-state index in [1.165, 1.54) is 17.8 Å². The molecule has 0 unspecified atom stereocenters. The van der Waals surface area contributed by atoms with Gasteiger partial charge in [0.2, 0.25) is 0 Å². The molecule has 1 aromatic carbocycles. The molecule has 1 saturated heterocycles. The minimum absolute atomic E-state index is 0.0214. The molecule has 8 heteroatoms. The first-order valence-electron chi connectivity index (χ1n) is 10.7.